The molecule has 3 rings (SSSR count). The predicted octanol–water partition coefficient (Wildman–Crippen LogP) is 2.14. The minimum atomic E-state index is -0.219. The molecule has 0 unspecified atom stereocenters. The molecule has 1 saturated carbocycles. The maximum absolute atomic E-state index is 10.1. The van der Waals surface area contributed by atoms with E-state index in [1.54, 1.807) is 4.68 Å². The van der Waals surface area contributed by atoms with Crippen molar-refractivity contribution < 1.29 is 9.84 Å². The van der Waals surface area contributed by atoms with Gasteiger partial charge in [-0.05, 0) is 32.1 Å². The van der Waals surface area contributed by atoms with Crippen LogP contribution in [-0.4, -0.2) is 51.2 Å². The van der Waals surface area contributed by atoms with Gasteiger partial charge in [-0.3, -0.25) is 9.58 Å². The standard InChI is InChI=1S/C16H26ClN3O2/c1-4-13-12(15(17)19(2)18-13)10-20-8-7-16(22-3)6-5-11(21)9-14(16)20/h11,14,21H,4-10H2,1-3H3/t11-,14+,16-/m1/s1. The van der Waals surface area contributed by atoms with Crippen molar-refractivity contribution in [2.75, 3.05) is 13.7 Å². The average Bonchev–Trinajstić information content (AvgIpc) is 3.01. The summed E-state index contributed by atoms with van der Waals surface area (Å²) in [7, 11) is 3.70. The molecule has 0 amide bonds. The van der Waals surface area contributed by atoms with Crippen LogP contribution in [0.5, 0.6) is 0 Å². The summed E-state index contributed by atoms with van der Waals surface area (Å²) in [5, 5.41) is 15.3. The highest BCUT2D eigenvalue weighted by atomic mass is 35.5. The van der Waals surface area contributed by atoms with E-state index in [2.05, 4.69) is 16.9 Å². The second-order valence-corrected chi connectivity index (χ2v) is 6.98. The number of aromatic nitrogens is 2. The Labute approximate surface area is 137 Å². The molecule has 124 valence electrons. The number of likely N-dealkylation sites (tertiary alicyclic amines) is 1. The van der Waals surface area contributed by atoms with Crippen LogP contribution in [0.4, 0.5) is 0 Å². The Morgan fingerprint density at radius 3 is 2.91 bits per heavy atom. The molecule has 3 atom stereocenters. The largest absolute Gasteiger partial charge is 0.393 e. The molecule has 5 nitrogen and oxygen atoms in total. The summed E-state index contributed by atoms with van der Waals surface area (Å²) in [6.45, 7) is 3.88. The van der Waals surface area contributed by atoms with Crippen molar-refractivity contribution in [2.45, 2.75) is 63.3 Å². The summed E-state index contributed by atoms with van der Waals surface area (Å²) in [6, 6.07) is 0.266. The molecular formula is C16H26ClN3O2. The van der Waals surface area contributed by atoms with E-state index >= 15 is 0 Å². The first-order valence-electron chi connectivity index (χ1n) is 8.18. The van der Waals surface area contributed by atoms with Gasteiger partial charge in [0.15, 0.2) is 0 Å². The van der Waals surface area contributed by atoms with E-state index in [4.69, 9.17) is 16.3 Å². The fraction of sp³-hybridized carbons (Fsp3) is 0.812. The molecule has 6 heteroatoms. The Bertz CT molecular complexity index is 548. The number of rotatable bonds is 4. The quantitative estimate of drug-likeness (QED) is 0.920. The lowest BCUT2D eigenvalue weighted by atomic mass is 9.79. The molecule has 0 spiro atoms. The van der Waals surface area contributed by atoms with Gasteiger partial charge in [-0.2, -0.15) is 5.10 Å². The molecule has 0 radical (unpaired) electrons. The number of aliphatic hydroxyl groups is 1. The van der Waals surface area contributed by atoms with Gasteiger partial charge in [0.2, 0.25) is 0 Å². The van der Waals surface area contributed by atoms with Gasteiger partial charge in [0.05, 0.1) is 17.4 Å². The molecule has 2 fully saturated rings. The fourth-order valence-electron chi connectivity index (χ4n) is 4.20. The molecule has 1 aliphatic carbocycles. The number of aliphatic hydroxyl groups excluding tert-OH is 1. The van der Waals surface area contributed by atoms with Gasteiger partial charge in [-0.25, -0.2) is 0 Å². The molecule has 1 aromatic rings. The molecular weight excluding hydrogens is 302 g/mol. The Hall–Kier alpha value is -0.620. The highest BCUT2D eigenvalue weighted by molar-refractivity contribution is 6.30. The Morgan fingerprint density at radius 2 is 2.23 bits per heavy atom. The minimum Gasteiger partial charge on any atom is -0.393 e. The molecule has 1 aliphatic heterocycles. The van der Waals surface area contributed by atoms with E-state index in [0.717, 1.165) is 61.6 Å². The third kappa shape index (κ3) is 2.58. The number of hydrogen-bond acceptors (Lipinski definition) is 4. The molecule has 0 bridgehead atoms. The second kappa shape index (κ2) is 6.11. The maximum atomic E-state index is 10.1. The molecule has 0 aromatic carbocycles. The average molecular weight is 328 g/mol. The molecule has 2 aliphatic rings. The van der Waals surface area contributed by atoms with Crippen LogP contribution in [0.2, 0.25) is 5.15 Å². The van der Waals surface area contributed by atoms with E-state index in [9.17, 15) is 5.11 Å². The van der Waals surface area contributed by atoms with Gasteiger partial charge in [0.1, 0.15) is 5.15 Å². The lowest BCUT2D eigenvalue weighted by Crippen LogP contribution is -2.51. The highest BCUT2D eigenvalue weighted by Crippen LogP contribution is 2.43. The van der Waals surface area contributed by atoms with Gasteiger partial charge < -0.3 is 9.84 Å². The molecule has 1 saturated heterocycles. The second-order valence-electron chi connectivity index (χ2n) is 6.63. The van der Waals surface area contributed by atoms with Crippen LogP contribution in [0.15, 0.2) is 0 Å². The number of fused-ring (bicyclic) bond motifs is 1. The Morgan fingerprint density at radius 1 is 1.45 bits per heavy atom. The monoisotopic (exact) mass is 327 g/mol. The van der Waals surface area contributed by atoms with Crippen molar-refractivity contribution >= 4 is 11.6 Å². The zero-order valence-electron chi connectivity index (χ0n) is 13.7. The van der Waals surface area contributed by atoms with Gasteiger partial charge in [0, 0.05) is 38.9 Å². The van der Waals surface area contributed by atoms with Gasteiger partial charge in [-0.15, -0.1) is 0 Å². The van der Waals surface area contributed by atoms with Gasteiger partial charge >= 0.3 is 0 Å². The first-order chi connectivity index (χ1) is 10.5. The van der Waals surface area contributed by atoms with Crippen molar-refractivity contribution in [2.24, 2.45) is 7.05 Å². The van der Waals surface area contributed by atoms with E-state index in [-0.39, 0.29) is 17.7 Å². The van der Waals surface area contributed by atoms with Crippen LogP contribution < -0.4 is 0 Å². The molecule has 2 heterocycles. The SMILES string of the molecule is CCc1nn(C)c(Cl)c1CN1CC[C@]2(OC)CC[C@@H](O)C[C@H]12. The number of halogens is 1. The van der Waals surface area contributed by atoms with Crippen molar-refractivity contribution in [3.05, 3.63) is 16.4 Å². The first kappa shape index (κ1) is 16.2. The number of hydrogen-bond donors (Lipinski definition) is 1. The first-order valence-corrected chi connectivity index (χ1v) is 8.56. The van der Waals surface area contributed by atoms with Crippen LogP contribution >= 0.6 is 11.6 Å². The van der Waals surface area contributed by atoms with Crippen LogP contribution in [-0.2, 0) is 24.8 Å². The summed E-state index contributed by atoms with van der Waals surface area (Å²) < 4.78 is 7.66. The van der Waals surface area contributed by atoms with Crippen LogP contribution in [0, 0.1) is 0 Å². The number of methoxy groups -OCH3 is 1. The zero-order valence-corrected chi connectivity index (χ0v) is 14.4. The maximum Gasteiger partial charge on any atom is 0.131 e. The van der Waals surface area contributed by atoms with Crippen molar-refractivity contribution in [1.29, 1.82) is 0 Å². The number of ether oxygens (including phenoxy) is 1. The van der Waals surface area contributed by atoms with Crippen LogP contribution in [0.3, 0.4) is 0 Å². The Balaban J connectivity index is 1.84. The van der Waals surface area contributed by atoms with Crippen LogP contribution in [0.1, 0.15) is 43.9 Å². The van der Waals surface area contributed by atoms with Crippen LogP contribution in [0.25, 0.3) is 0 Å². The smallest absolute Gasteiger partial charge is 0.131 e. The fourth-order valence-corrected chi connectivity index (χ4v) is 4.41. The summed E-state index contributed by atoms with van der Waals surface area (Å²) in [6.07, 6.45) is 4.25. The number of aryl methyl sites for hydroxylation is 2. The highest BCUT2D eigenvalue weighted by Gasteiger charge is 2.50. The lowest BCUT2D eigenvalue weighted by molar-refractivity contribution is -0.0879. The van der Waals surface area contributed by atoms with Crippen molar-refractivity contribution in [3.8, 4) is 0 Å². The third-order valence-electron chi connectivity index (χ3n) is 5.52. The topological polar surface area (TPSA) is 50.5 Å². The summed E-state index contributed by atoms with van der Waals surface area (Å²) in [5.74, 6) is 0. The van der Waals surface area contributed by atoms with Gasteiger partial charge in [0.25, 0.3) is 0 Å². The van der Waals surface area contributed by atoms with E-state index < -0.39 is 0 Å². The van der Waals surface area contributed by atoms with Gasteiger partial charge in [-0.1, -0.05) is 18.5 Å². The van der Waals surface area contributed by atoms with E-state index in [1.165, 1.54) is 0 Å². The van der Waals surface area contributed by atoms with E-state index in [0.29, 0.717) is 0 Å². The van der Waals surface area contributed by atoms with Crippen molar-refractivity contribution in [1.82, 2.24) is 14.7 Å². The molecule has 1 N–H and O–H groups in total. The van der Waals surface area contributed by atoms with E-state index in [1.807, 2.05) is 14.2 Å². The number of nitrogens with zero attached hydrogens (tertiary/aromatic N) is 3. The Kier molecular flexibility index (Phi) is 4.52. The zero-order chi connectivity index (χ0) is 15.9. The lowest BCUT2D eigenvalue weighted by Gasteiger charge is -2.42. The minimum absolute atomic E-state index is 0.0969. The normalized spacial score (nSPS) is 32.4. The summed E-state index contributed by atoms with van der Waals surface area (Å²) in [4.78, 5) is 2.42. The predicted molar refractivity (Wildman–Crippen MR) is 86.0 cm³/mol. The van der Waals surface area contributed by atoms with Crippen molar-refractivity contribution in [3.63, 3.8) is 0 Å². The molecule has 1 aromatic heterocycles. The summed E-state index contributed by atoms with van der Waals surface area (Å²) in [5.41, 5.74) is 2.10. The third-order valence-corrected chi connectivity index (χ3v) is 5.99. The molecule has 22 heavy (non-hydrogen) atoms. The summed E-state index contributed by atoms with van der Waals surface area (Å²) >= 11 is 6.44.